The van der Waals surface area contributed by atoms with Gasteiger partial charge in [0.15, 0.2) is 17.5 Å². The molecular weight excluding hydrogens is 522 g/mol. The molecule has 1 heterocycles. The van der Waals surface area contributed by atoms with Gasteiger partial charge >= 0.3 is 0 Å². The molecule has 43 heavy (non-hydrogen) atoms. The summed E-state index contributed by atoms with van der Waals surface area (Å²) in [5, 5.41) is 2.46. The molecule has 3 heteroatoms. The smallest absolute Gasteiger partial charge is 0.164 e. The van der Waals surface area contributed by atoms with Gasteiger partial charge in [0.2, 0.25) is 0 Å². The monoisotopic (exact) mass is 551 g/mol. The van der Waals surface area contributed by atoms with Gasteiger partial charge in [0.1, 0.15) is 0 Å². The second kappa shape index (κ2) is 9.85. The zero-order valence-electron chi connectivity index (χ0n) is 24.1. The summed E-state index contributed by atoms with van der Waals surface area (Å²) in [6, 6.07) is 48.9. The van der Waals surface area contributed by atoms with Crippen molar-refractivity contribution in [1.29, 1.82) is 0 Å². The molecule has 0 N–H and O–H groups in total. The van der Waals surface area contributed by atoms with Crippen LogP contribution in [0.1, 0.15) is 25.0 Å². The highest BCUT2D eigenvalue weighted by molar-refractivity contribution is 5.98. The van der Waals surface area contributed by atoms with Crippen molar-refractivity contribution in [2.24, 2.45) is 0 Å². The SMILES string of the molecule is CC1(C)c2ccccc2-c2ccc3cc(-c4nc(-c5ccccc5)nc(-c5ccc(-c6ccccc6)cc5)n4)ccc3c21. The van der Waals surface area contributed by atoms with Gasteiger partial charge in [0.05, 0.1) is 0 Å². The van der Waals surface area contributed by atoms with E-state index in [1.54, 1.807) is 0 Å². The lowest BCUT2D eigenvalue weighted by molar-refractivity contribution is 0.666. The number of hydrogen-bond acceptors (Lipinski definition) is 3. The van der Waals surface area contributed by atoms with Crippen molar-refractivity contribution in [2.45, 2.75) is 19.3 Å². The summed E-state index contributed by atoms with van der Waals surface area (Å²) < 4.78 is 0. The molecule has 0 atom stereocenters. The Morgan fingerprint density at radius 3 is 1.63 bits per heavy atom. The summed E-state index contributed by atoms with van der Waals surface area (Å²) in [7, 11) is 0. The Hall–Kier alpha value is -5.41. The molecule has 0 spiro atoms. The lowest BCUT2D eigenvalue weighted by Gasteiger charge is -2.23. The third kappa shape index (κ3) is 4.24. The van der Waals surface area contributed by atoms with Crippen molar-refractivity contribution < 1.29 is 0 Å². The van der Waals surface area contributed by atoms with Crippen LogP contribution in [0.2, 0.25) is 0 Å². The minimum Gasteiger partial charge on any atom is -0.208 e. The molecule has 0 amide bonds. The Morgan fingerprint density at radius 2 is 0.930 bits per heavy atom. The van der Waals surface area contributed by atoms with Crippen LogP contribution >= 0.6 is 0 Å². The van der Waals surface area contributed by atoms with E-state index < -0.39 is 0 Å². The molecule has 1 aromatic heterocycles. The minimum absolute atomic E-state index is 0.0698. The highest BCUT2D eigenvalue weighted by atomic mass is 15.0. The van der Waals surface area contributed by atoms with E-state index in [9.17, 15) is 0 Å². The van der Waals surface area contributed by atoms with Crippen molar-refractivity contribution in [1.82, 2.24) is 15.0 Å². The van der Waals surface area contributed by atoms with Crippen LogP contribution in [-0.2, 0) is 5.41 Å². The van der Waals surface area contributed by atoms with Crippen molar-refractivity contribution in [2.75, 3.05) is 0 Å². The molecule has 0 unspecified atom stereocenters. The number of hydrogen-bond donors (Lipinski definition) is 0. The van der Waals surface area contributed by atoms with Crippen molar-refractivity contribution >= 4 is 10.8 Å². The third-order valence-corrected chi connectivity index (χ3v) is 8.71. The Kier molecular flexibility index (Phi) is 5.80. The molecule has 3 nitrogen and oxygen atoms in total. The Balaban J connectivity index is 1.25. The second-order valence-corrected chi connectivity index (χ2v) is 11.7. The number of benzene rings is 6. The number of fused-ring (bicyclic) bond motifs is 5. The molecule has 1 aliphatic rings. The Labute approximate surface area is 251 Å². The topological polar surface area (TPSA) is 38.7 Å². The maximum atomic E-state index is 5.02. The zero-order valence-corrected chi connectivity index (χ0v) is 24.1. The van der Waals surface area contributed by atoms with E-state index >= 15 is 0 Å². The van der Waals surface area contributed by atoms with Crippen LogP contribution in [0, 0.1) is 0 Å². The first-order valence-electron chi connectivity index (χ1n) is 14.7. The summed E-state index contributed by atoms with van der Waals surface area (Å²) in [4.78, 5) is 14.9. The third-order valence-electron chi connectivity index (χ3n) is 8.71. The quantitative estimate of drug-likeness (QED) is 0.218. The average Bonchev–Trinajstić information content (AvgIpc) is 3.31. The van der Waals surface area contributed by atoms with E-state index in [0.717, 1.165) is 22.3 Å². The fourth-order valence-corrected chi connectivity index (χ4v) is 6.56. The normalized spacial score (nSPS) is 13.1. The van der Waals surface area contributed by atoms with Gasteiger partial charge in [-0.15, -0.1) is 0 Å². The maximum absolute atomic E-state index is 5.02. The molecule has 7 aromatic rings. The fraction of sp³-hybridized carbons (Fsp3) is 0.0750. The maximum Gasteiger partial charge on any atom is 0.164 e. The molecule has 8 rings (SSSR count). The van der Waals surface area contributed by atoms with Crippen LogP contribution < -0.4 is 0 Å². The summed E-state index contributed by atoms with van der Waals surface area (Å²) >= 11 is 0. The van der Waals surface area contributed by atoms with Gasteiger partial charge in [-0.1, -0.05) is 147 Å². The standard InChI is InChI=1S/C40H29N3/c1-40(2)35-16-10-9-15-33(35)34-24-21-30-25-31(22-23-32(30)36(34)40)39-42-37(28-13-7-4-8-14-28)41-38(43-39)29-19-17-27(18-20-29)26-11-5-3-6-12-26/h3-25H,1-2H3. The van der Waals surface area contributed by atoms with Crippen LogP contribution in [0.4, 0.5) is 0 Å². The molecule has 0 saturated heterocycles. The van der Waals surface area contributed by atoms with Crippen LogP contribution in [0.25, 0.3) is 67.2 Å². The van der Waals surface area contributed by atoms with E-state index in [1.807, 2.05) is 36.4 Å². The lowest BCUT2D eigenvalue weighted by Crippen LogP contribution is -2.15. The van der Waals surface area contributed by atoms with Crippen molar-refractivity contribution in [3.8, 4) is 56.4 Å². The van der Waals surface area contributed by atoms with E-state index in [2.05, 4.69) is 117 Å². The first-order valence-corrected chi connectivity index (χ1v) is 14.7. The van der Waals surface area contributed by atoms with Gasteiger partial charge in [-0.2, -0.15) is 0 Å². The van der Waals surface area contributed by atoms with Crippen molar-refractivity contribution in [3.63, 3.8) is 0 Å². The molecule has 0 bridgehead atoms. The first kappa shape index (κ1) is 25.3. The predicted octanol–water partition coefficient (Wildman–Crippen LogP) is 10.00. The molecule has 204 valence electrons. The molecule has 0 fully saturated rings. The summed E-state index contributed by atoms with van der Waals surface area (Å²) in [5.74, 6) is 1.99. The molecule has 0 saturated carbocycles. The lowest BCUT2D eigenvalue weighted by atomic mass is 9.80. The van der Waals surface area contributed by atoms with Crippen LogP contribution in [0.15, 0.2) is 140 Å². The van der Waals surface area contributed by atoms with Crippen LogP contribution in [0.5, 0.6) is 0 Å². The fourth-order valence-electron chi connectivity index (χ4n) is 6.56. The van der Waals surface area contributed by atoms with E-state index in [-0.39, 0.29) is 5.41 Å². The zero-order chi connectivity index (χ0) is 29.0. The first-order chi connectivity index (χ1) is 21.1. The Bertz CT molecular complexity index is 2130. The van der Waals surface area contributed by atoms with Gasteiger partial charge in [0, 0.05) is 22.1 Å². The van der Waals surface area contributed by atoms with Gasteiger partial charge < -0.3 is 0 Å². The highest BCUT2D eigenvalue weighted by Crippen LogP contribution is 2.51. The highest BCUT2D eigenvalue weighted by Gasteiger charge is 2.36. The van der Waals surface area contributed by atoms with Gasteiger partial charge in [0.25, 0.3) is 0 Å². The molecule has 6 aromatic carbocycles. The van der Waals surface area contributed by atoms with E-state index in [0.29, 0.717) is 17.5 Å². The number of nitrogens with zero attached hydrogens (tertiary/aromatic N) is 3. The van der Waals surface area contributed by atoms with Gasteiger partial charge in [-0.3, -0.25) is 0 Å². The van der Waals surface area contributed by atoms with Crippen LogP contribution in [-0.4, -0.2) is 15.0 Å². The number of aromatic nitrogens is 3. The van der Waals surface area contributed by atoms with Crippen LogP contribution in [0.3, 0.4) is 0 Å². The largest absolute Gasteiger partial charge is 0.208 e. The summed E-state index contributed by atoms with van der Waals surface area (Å²) in [6.07, 6.45) is 0. The van der Waals surface area contributed by atoms with E-state index in [1.165, 1.54) is 38.6 Å². The summed E-state index contributed by atoms with van der Waals surface area (Å²) in [5.41, 5.74) is 10.6. The van der Waals surface area contributed by atoms with Gasteiger partial charge in [-0.05, 0) is 50.2 Å². The average molecular weight is 552 g/mol. The Morgan fingerprint density at radius 1 is 0.419 bits per heavy atom. The molecular formula is C40H29N3. The molecule has 1 aliphatic carbocycles. The number of rotatable bonds is 4. The molecule has 0 radical (unpaired) electrons. The van der Waals surface area contributed by atoms with Gasteiger partial charge in [-0.25, -0.2) is 15.0 Å². The second-order valence-electron chi connectivity index (χ2n) is 11.7. The summed E-state index contributed by atoms with van der Waals surface area (Å²) in [6.45, 7) is 4.66. The van der Waals surface area contributed by atoms with Crippen molar-refractivity contribution in [3.05, 3.63) is 151 Å². The van der Waals surface area contributed by atoms with E-state index in [4.69, 9.17) is 15.0 Å². The predicted molar refractivity (Wildman–Crippen MR) is 177 cm³/mol. The molecule has 0 aliphatic heterocycles. The minimum atomic E-state index is -0.0698.